The summed E-state index contributed by atoms with van der Waals surface area (Å²) in [5.41, 5.74) is 1.60. The van der Waals surface area contributed by atoms with Gasteiger partial charge in [-0.15, -0.1) is 0 Å². The first-order valence-corrected chi connectivity index (χ1v) is 7.35. The number of hydrogen-bond acceptors (Lipinski definition) is 3. The molecule has 0 radical (unpaired) electrons. The van der Waals surface area contributed by atoms with Crippen LogP contribution in [0.5, 0.6) is 5.75 Å². The fourth-order valence-electron chi connectivity index (χ4n) is 2.69. The van der Waals surface area contributed by atoms with Gasteiger partial charge < -0.3 is 15.0 Å². The number of nitrogens with zero attached hydrogens (tertiary/aromatic N) is 1. The van der Waals surface area contributed by atoms with Gasteiger partial charge in [-0.1, -0.05) is 12.2 Å². The van der Waals surface area contributed by atoms with Crippen LogP contribution in [0.25, 0.3) is 6.08 Å². The van der Waals surface area contributed by atoms with Crippen LogP contribution in [-0.2, 0) is 4.79 Å². The minimum atomic E-state index is -2.89. The SMILES string of the molecule is O=C1NCC[C@@H]1N1CC=Cc2cc(Br)c(OC(F)F)cc21. The molecule has 4 nitrogen and oxygen atoms in total. The van der Waals surface area contributed by atoms with Gasteiger partial charge in [-0.05, 0) is 34.0 Å². The number of carbonyl (C=O) groups excluding carboxylic acids is 1. The van der Waals surface area contributed by atoms with E-state index in [1.807, 2.05) is 17.1 Å². The van der Waals surface area contributed by atoms with Gasteiger partial charge in [0.25, 0.3) is 0 Å². The molecule has 7 heteroatoms. The number of halogens is 3. The van der Waals surface area contributed by atoms with E-state index in [-0.39, 0.29) is 17.7 Å². The van der Waals surface area contributed by atoms with Crippen LogP contribution in [-0.4, -0.2) is 31.7 Å². The van der Waals surface area contributed by atoms with Crippen LogP contribution in [0.1, 0.15) is 12.0 Å². The summed E-state index contributed by atoms with van der Waals surface area (Å²) < 4.78 is 29.9. The first-order valence-electron chi connectivity index (χ1n) is 6.55. The normalized spacial score (nSPS) is 20.7. The Kier molecular flexibility index (Phi) is 3.84. The molecule has 0 saturated carbocycles. The topological polar surface area (TPSA) is 41.6 Å². The number of fused-ring (bicyclic) bond motifs is 1. The highest BCUT2D eigenvalue weighted by atomic mass is 79.9. The number of ether oxygens (including phenoxy) is 1. The summed E-state index contributed by atoms with van der Waals surface area (Å²) in [4.78, 5) is 13.8. The first kappa shape index (κ1) is 14.3. The second-order valence-electron chi connectivity index (χ2n) is 4.87. The van der Waals surface area contributed by atoms with Gasteiger partial charge in [0.2, 0.25) is 5.91 Å². The van der Waals surface area contributed by atoms with E-state index >= 15 is 0 Å². The lowest BCUT2D eigenvalue weighted by Gasteiger charge is -2.32. The van der Waals surface area contributed by atoms with Crippen LogP contribution >= 0.6 is 15.9 Å². The predicted molar refractivity (Wildman–Crippen MR) is 78.6 cm³/mol. The largest absolute Gasteiger partial charge is 0.434 e. The van der Waals surface area contributed by atoms with Gasteiger partial charge in [-0.2, -0.15) is 8.78 Å². The minimum absolute atomic E-state index is 0.0319. The van der Waals surface area contributed by atoms with Gasteiger partial charge in [-0.3, -0.25) is 4.79 Å². The van der Waals surface area contributed by atoms with Crippen molar-refractivity contribution in [1.29, 1.82) is 0 Å². The van der Waals surface area contributed by atoms with Gasteiger partial charge in [0, 0.05) is 24.8 Å². The maximum absolute atomic E-state index is 12.5. The van der Waals surface area contributed by atoms with E-state index in [1.165, 1.54) is 0 Å². The molecule has 1 atom stereocenters. The van der Waals surface area contributed by atoms with Crippen molar-refractivity contribution >= 4 is 33.6 Å². The molecule has 21 heavy (non-hydrogen) atoms. The molecule has 2 aliphatic heterocycles. The van der Waals surface area contributed by atoms with Crippen molar-refractivity contribution in [2.24, 2.45) is 0 Å². The standard InChI is InChI=1S/C14H13BrF2N2O2/c15-9-6-8-2-1-5-19(10-3-4-18-13(10)20)11(8)7-12(9)21-14(16)17/h1-2,6-7,10,14H,3-5H2,(H,18,20)/t10-/m0/s1. The number of nitrogens with one attached hydrogen (secondary N) is 1. The molecule has 0 spiro atoms. The third-order valence-corrected chi connectivity index (χ3v) is 4.22. The summed E-state index contributed by atoms with van der Waals surface area (Å²) in [6, 6.07) is 3.01. The number of anilines is 1. The second kappa shape index (κ2) is 5.63. The fraction of sp³-hybridized carbons (Fsp3) is 0.357. The summed E-state index contributed by atoms with van der Waals surface area (Å²) in [5, 5.41) is 2.79. The first-order chi connectivity index (χ1) is 10.1. The van der Waals surface area contributed by atoms with Crippen molar-refractivity contribution in [1.82, 2.24) is 5.32 Å². The summed E-state index contributed by atoms with van der Waals surface area (Å²) >= 11 is 3.23. The van der Waals surface area contributed by atoms with E-state index in [2.05, 4.69) is 26.0 Å². The quantitative estimate of drug-likeness (QED) is 0.903. The molecule has 0 unspecified atom stereocenters. The van der Waals surface area contributed by atoms with Crippen LogP contribution in [0.3, 0.4) is 0 Å². The van der Waals surface area contributed by atoms with Crippen LogP contribution in [0.15, 0.2) is 22.7 Å². The molecule has 2 heterocycles. The van der Waals surface area contributed by atoms with E-state index in [0.717, 1.165) is 11.3 Å². The zero-order valence-corrected chi connectivity index (χ0v) is 12.6. The third-order valence-electron chi connectivity index (χ3n) is 3.60. The number of amides is 1. The van der Waals surface area contributed by atoms with Gasteiger partial charge >= 0.3 is 6.61 Å². The Labute approximate surface area is 128 Å². The lowest BCUT2D eigenvalue weighted by atomic mass is 10.0. The Morgan fingerprint density at radius 3 is 2.90 bits per heavy atom. The summed E-state index contributed by atoms with van der Waals surface area (Å²) in [7, 11) is 0. The lowest BCUT2D eigenvalue weighted by molar-refractivity contribution is -0.120. The Bertz CT molecular complexity index is 607. The summed E-state index contributed by atoms with van der Waals surface area (Å²) in [6.07, 6.45) is 4.57. The van der Waals surface area contributed by atoms with Gasteiger partial charge in [0.05, 0.1) is 4.47 Å². The summed E-state index contributed by atoms with van der Waals surface area (Å²) in [5.74, 6) is 0.0398. The second-order valence-corrected chi connectivity index (χ2v) is 5.72. The van der Waals surface area contributed by atoms with Crippen LogP contribution < -0.4 is 15.0 Å². The van der Waals surface area contributed by atoms with E-state index in [1.54, 1.807) is 12.1 Å². The highest BCUT2D eigenvalue weighted by Crippen LogP contribution is 2.38. The van der Waals surface area contributed by atoms with Gasteiger partial charge in [0.15, 0.2) is 0 Å². The maximum Gasteiger partial charge on any atom is 0.387 e. The maximum atomic E-state index is 12.5. The average Bonchev–Trinajstić information content (AvgIpc) is 2.84. The lowest BCUT2D eigenvalue weighted by Crippen LogP contribution is -2.42. The van der Waals surface area contributed by atoms with E-state index in [4.69, 9.17) is 0 Å². The number of carbonyl (C=O) groups is 1. The molecule has 0 aromatic heterocycles. The Hall–Kier alpha value is -1.63. The zero-order valence-electron chi connectivity index (χ0n) is 11.0. The molecule has 1 aromatic carbocycles. The molecule has 1 amide bonds. The molecular formula is C14H13BrF2N2O2. The van der Waals surface area contributed by atoms with Crippen molar-refractivity contribution in [3.8, 4) is 5.75 Å². The van der Waals surface area contributed by atoms with Crippen LogP contribution in [0.2, 0.25) is 0 Å². The highest BCUT2D eigenvalue weighted by molar-refractivity contribution is 9.10. The fourth-order valence-corrected chi connectivity index (χ4v) is 3.15. The van der Waals surface area contributed by atoms with Crippen molar-refractivity contribution in [2.75, 3.05) is 18.0 Å². The average molecular weight is 359 g/mol. The van der Waals surface area contributed by atoms with Crippen molar-refractivity contribution in [3.63, 3.8) is 0 Å². The van der Waals surface area contributed by atoms with Crippen LogP contribution in [0, 0.1) is 0 Å². The molecule has 3 rings (SSSR count). The van der Waals surface area contributed by atoms with Crippen molar-refractivity contribution in [2.45, 2.75) is 19.1 Å². The number of benzene rings is 1. The van der Waals surface area contributed by atoms with Gasteiger partial charge in [-0.25, -0.2) is 0 Å². The molecule has 0 aliphatic carbocycles. The molecule has 112 valence electrons. The van der Waals surface area contributed by atoms with Crippen LogP contribution in [0.4, 0.5) is 14.5 Å². The number of alkyl halides is 2. The van der Waals surface area contributed by atoms with Gasteiger partial charge in [0.1, 0.15) is 11.8 Å². The smallest absolute Gasteiger partial charge is 0.387 e. The molecule has 1 aromatic rings. The Balaban J connectivity index is 1.99. The highest BCUT2D eigenvalue weighted by Gasteiger charge is 2.32. The molecule has 1 saturated heterocycles. The number of rotatable bonds is 3. The van der Waals surface area contributed by atoms with E-state index in [9.17, 15) is 13.6 Å². The Morgan fingerprint density at radius 1 is 1.43 bits per heavy atom. The third kappa shape index (κ3) is 2.74. The predicted octanol–water partition coefficient (Wildman–Crippen LogP) is 2.77. The number of hydrogen-bond donors (Lipinski definition) is 1. The van der Waals surface area contributed by atoms with Crippen molar-refractivity contribution in [3.05, 3.63) is 28.2 Å². The van der Waals surface area contributed by atoms with E-state index in [0.29, 0.717) is 24.0 Å². The van der Waals surface area contributed by atoms with Crippen molar-refractivity contribution < 1.29 is 18.3 Å². The summed E-state index contributed by atoms with van der Waals surface area (Å²) in [6.45, 7) is -1.68. The molecule has 2 aliphatic rings. The molecule has 1 fully saturated rings. The molecule has 0 bridgehead atoms. The Morgan fingerprint density at radius 2 is 2.24 bits per heavy atom. The monoisotopic (exact) mass is 358 g/mol. The zero-order chi connectivity index (χ0) is 15.0. The molecular weight excluding hydrogens is 346 g/mol. The van der Waals surface area contributed by atoms with E-state index < -0.39 is 6.61 Å². The molecule has 1 N–H and O–H groups in total. The minimum Gasteiger partial charge on any atom is -0.434 e.